The van der Waals surface area contributed by atoms with Crippen molar-refractivity contribution in [1.29, 1.82) is 0 Å². The van der Waals surface area contributed by atoms with Gasteiger partial charge in [0.1, 0.15) is 16.7 Å². The summed E-state index contributed by atoms with van der Waals surface area (Å²) in [6.07, 6.45) is 4.84. The van der Waals surface area contributed by atoms with Crippen molar-refractivity contribution in [3.8, 4) is 10.7 Å². The lowest BCUT2D eigenvalue weighted by molar-refractivity contribution is -0.122. The molecule has 2 heterocycles. The van der Waals surface area contributed by atoms with Crippen LogP contribution >= 0.6 is 11.3 Å². The van der Waals surface area contributed by atoms with Crippen molar-refractivity contribution >= 4 is 23.3 Å². The van der Waals surface area contributed by atoms with Crippen LogP contribution in [0.3, 0.4) is 0 Å². The van der Waals surface area contributed by atoms with E-state index in [0.717, 1.165) is 16.4 Å². The molecule has 0 aliphatic heterocycles. The molecule has 2 N–H and O–H groups in total. The first-order valence-corrected chi connectivity index (χ1v) is 7.81. The zero-order chi connectivity index (χ0) is 16.7. The standard InChI is InChI=1S/C14H17N5O3S/c1-9(18-14(21)22-2)12(20)17-4-3-10-8-23-13(19-10)11-7-15-5-6-16-11/h5-9H,3-4H2,1-2H3,(H,17,20)(H,18,21)/t9-/m0/s1. The summed E-state index contributed by atoms with van der Waals surface area (Å²) >= 11 is 1.48. The molecule has 0 unspecified atom stereocenters. The number of ether oxygens (including phenoxy) is 1. The van der Waals surface area contributed by atoms with Crippen LogP contribution in [0.2, 0.25) is 0 Å². The van der Waals surface area contributed by atoms with Gasteiger partial charge in [0.2, 0.25) is 5.91 Å². The van der Waals surface area contributed by atoms with Crippen LogP contribution in [0.15, 0.2) is 24.0 Å². The van der Waals surface area contributed by atoms with E-state index in [1.807, 2.05) is 5.38 Å². The maximum atomic E-state index is 11.8. The minimum atomic E-state index is -0.659. The van der Waals surface area contributed by atoms with Crippen molar-refractivity contribution in [2.45, 2.75) is 19.4 Å². The van der Waals surface area contributed by atoms with E-state index in [1.165, 1.54) is 18.4 Å². The van der Waals surface area contributed by atoms with Gasteiger partial charge in [0.25, 0.3) is 0 Å². The lowest BCUT2D eigenvalue weighted by Gasteiger charge is -2.12. The molecule has 0 aromatic carbocycles. The van der Waals surface area contributed by atoms with Crippen LogP contribution in [0, 0.1) is 0 Å². The topological polar surface area (TPSA) is 106 Å². The summed E-state index contributed by atoms with van der Waals surface area (Å²) in [4.78, 5) is 35.5. The Morgan fingerprint density at radius 1 is 1.39 bits per heavy atom. The maximum Gasteiger partial charge on any atom is 0.407 e. The Morgan fingerprint density at radius 3 is 2.91 bits per heavy atom. The molecule has 0 aliphatic carbocycles. The summed E-state index contributed by atoms with van der Waals surface area (Å²) in [5.41, 5.74) is 1.59. The molecule has 23 heavy (non-hydrogen) atoms. The zero-order valence-electron chi connectivity index (χ0n) is 12.8. The van der Waals surface area contributed by atoms with Crippen LogP contribution in [0.5, 0.6) is 0 Å². The number of hydrogen-bond donors (Lipinski definition) is 2. The van der Waals surface area contributed by atoms with Gasteiger partial charge in [-0.25, -0.2) is 9.78 Å². The highest BCUT2D eigenvalue weighted by molar-refractivity contribution is 7.13. The minimum absolute atomic E-state index is 0.278. The quantitative estimate of drug-likeness (QED) is 0.816. The molecule has 2 amide bonds. The van der Waals surface area contributed by atoms with Gasteiger partial charge in [-0.15, -0.1) is 11.3 Å². The highest BCUT2D eigenvalue weighted by atomic mass is 32.1. The van der Waals surface area contributed by atoms with E-state index in [9.17, 15) is 9.59 Å². The fraction of sp³-hybridized carbons (Fsp3) is 0.357. The minimum Gasteiger partial charge on any atom is -0.453 e. The van der Waals surface area contributed by atoms with Gasteiger partial charge in [-0.2, -0.15) is 0 Å². The van der Waals surface area contributed by atoms with Crippen molar-refractivity contribution in [3.05, 3.63) is 29.7 Å². The molecule has 0 saturated carbocycles. The summed E-state index contributed by atoms with van der Waals surface area (Å²) in [5.74, 6) is -0.278. The molecule has 0 fully saturated rings. The number of carbonyl (C=O) groups excluding carboxylic acids is 2. The second-order valence-corrected chi connectivity index (χ2v) is 5.49. The van der Waals surface area contributed by atoms with Gasteiger partial charge in [0, 0.05) is 30.7 Å². The van der Waals surface area contributed by atoms with Gasteiger partial charge < -0.3 is 15.4 Å². The predicted molar refractivity (Wildman–Crippen MR) is 84.9 cm³/mol. The van der Waals surface area contributed by atoms with Gasteiger partial charge in [-0.05, 0) is 6.92 Å². The summed E-state index contributed by atoms with van der Waals surface area (Å²) < 4.78 is 4.44. The molecule has 0 radical (unpaired) electrons. The second kappa shape index (κ2) is 8.18. The molecule has 2 aromatic heterocycles. The fourth-order valence-corrected chi connectivity index (χ4v) is 2.53. The number of amides is 2. The molecule has 9 heteroatoms. The molecular formula is C14H17N5O3S. The van der Waals surface area contributed by atoms with E-state index < -0.39 is 12.1 Å². The molecule has 1 atom stereocenters. The Hall–Kier alpha value is -2.55. The van der Waals surface area contributed by atoms with Crippen molar-refractivity contribution in [3.63, 3.8) is 0 Å². The van der Waals surface area contributed by atoms with Gasteiger partial charge in [-0.3, -0.25) is 14.8 Å². The average Bonchev–Trinajstić information content (AvgIpc) is 3.04. The molecule has 122 valence electrons. The van der Waals surface area contributed by atoms with Crippen molar-refractivity contribution in [1.82, 2.24) is 25.6 Å². The number of nitrogens with one attached hydrogen (secondary N) is 2. The number of carbonyl (C=O) groups is 2. The Kier molecular flexibility index (Phi) is 5.98. The van der Waals surface area contributed by atoms with Gasteiger partial charge in [0.15, 0.2) is 0 Å². The van der Waals surface area contributed by atoms with Crippen molar-refractivity contribution in [2.75, 3.05) is 13.7 Å². The number of thiazole rings is 1. The van der Waals surface area contributed by atoms with Crippen LogP contribution in [0.1, 0.15) is 12.6 Å². The Morgan fingerprint density at radius 2 is 2.22 bits per heavy atom. The summed E-state index contributed by atoms with van der Waals surface area (Å²) in [7, 11) is 1.25. The van der Waals surface area contributed by atoms with Crippen LogP contribution in [0.4, 0.5) is 4.79 Å². The highest BCUT2D eigenvalue weighted by Gasteiger charge is 2.15. The van der Waals surface area contributed by atoms with Crippen LogP contribution in [-0.4, -0.2) is 46.6 Å². The lowest BCUT2D eigenvalue weighted by atomic mass is 10.3. The van der Waals surface area contributed by atoms with Gasteiger partial charge in [0.05, 0.1) is 19.0 Å². The molecule has 2 aromatic rings. The number of aromatic nitrogens is 3. The van der Waals surface area contributed by atoms with E-state index >= 15 is 0 Å². The lowest BCUT2D eigenvalue weighted by Crippen LogP contribution is -2.45. The van der Waals surface area contributed by atoms with Gasteiger partial charge in [-0.1, -0.05) is 0 Å². The first kappa shape index (κ1) is 16.8. The molecule has 0 aliphatic rings. The SMILES string of the molecule is COC(=O)N[C@@H](C)C(=O)NCCc1csc(-c2cnccn2)n1. The van der Waals surface area contributed by atoms with E-state index in [0.29, 0.717) is 13.0 Å². The molecule has 2 rings (SSSR count). The van der Waals surface area contributed by atoms with Crippen LogP contribution in [-0.2, 0) is 16.0 Å². The van der Waals surface area contributed by atoms with E-state index in [-0.39, 0.29) is 5.91 Å². The van der Waals surface area contributed by atoms with Crippen molar-refractivity contribution in [2.24, 2.45) is 0 Å². The largest absolute Gasteiger partial charge is 0.453 e. The molecule has 0 bridgehead atoms. The number of nitrogens with zero attached hydrogens (tertiary/aromatic N) is 3. The Bertz CT molecular complexity index is 661. The highest BCUT2D eigenvalue weighted by Crippen LogP contribution is 2.20. The maximum absolute atomic E-state index is 11.8. The first-order chi connectivity index (χ1) is 11.1. The zero-order valence-corrected chi connectivity index (χ0v) is 13.6. The smallest absolute Gasteiger partial charge is 0.407 e. The van der Waals surface area contributed by atoms with Gasteiger partial charge >= 0.3 is 6.09 Å². The van der Waals surface area contributed by atoms with E-state index in [1.54, 1.807) is 25.5 Å². The molecule has 0 saturated heterocycles. The fourth-order valence-electron chi connectivity index (χ4n) is 1.72. The Balaban J connectivity index is 1.80. The number of methoxy groups -OCH3 is 1. The number of hydrogen-bond acceptors (Lipinski definition) is 7. The summed E-state index contributed by atoms with van der Waals surface area (Å²) in [6, 6.07) is -0.659. The van der Waals surface area contributed by atoms with Crippen LogP contribution in [0.25, 0.3) is 10.7 Å². The normalized spacial score (nSPS) is 11.6. The number of alkyl carbamates (subject to hydrolysis) is 1. The third kappa shape index (κ3) is 4.99. The molecule has 8 nitrogen and oxygen atoms in total. The summed E-state index contributed by atoms with van der Waals surface area (Å²) in [6.45, 7) is 2.01. The number of rotatable bonds is 6. The average molecular weight is 335 g/mol. The second-order valence-electron chi connectivity index (χ2n) is 4.63. The Labute approximate surface area is 137 Å². The predicted octanol–water partition coefficient (Wildman–Crippen LogP) is 1.00. The van der Waals surface area contributed by atoms with E-state index in [4.69, 9.17) is 0 Å². The van der Waals surface area contributed by atoms with Crippen molar-refractivity contribution < 1.29 is 14.3 Å². The first-order valence-electron chi connectivity index (χ1n) is 6.93. The monoisotopic (exact) mass is 335 g/mol. The molecular weight excluding hydrogens is 318 g/mol. The third-order valence-corrected chi connectivity index (χ3v) is 3.84. The molecule has 0 spiro atoms. The van der Waals surface area contributed by atoms with Crippen LogP contribution < -0.4 is 10.6 Å². The third-order valence-electron chi connectivity index (χ3n) is 2.93. The summed E-state index contributed by atoms with van der Waals surface area (Å²) in [5, 5.41) is 7.85. The van der Waals surface area contributed by atoms with E-state index in [2.05, 4.69) is 30.3 Å².